The Hall–Kier alpha value is -1.55. The fourth-order valence-corrected chi connectivity index (χ4v) is 2.34. The molecule has 1 aliphatic rings. The van der Waals surface area contributed by atoms with Crippen LogP contribution >= 0.6 is 0 Å². The Balaban J connectivity index is 2.23. The molecule has 0 radical (unpaired) electrons. The van der Waals surface area contributed by atoms with Crippen molar-refractivity contribution in [3.05, 3.63) is 0 Å². The second-order valence-electron chi connectivity index (χ2n) is 6.05. The normalized spacial score (nSPS) is 18.0. The Kier molecular flexibility index (Phi) is 10.3. The highest BCUT2D eigenvalue weighted by atomic mass is 19.4. The Labute approximate surface area is 152 Å². The third kappa shape index (κ3) is 10.4. The summed E-state index contributed by atoms with van der Waals surface area (Å²) in [6, 6.07) is 0. The summed E-state index contributed by atoms with van der Waals surface area (Å²) in [5.74, 6) is -0.306. The molecule has 0 spiro atoms. The summed E-state index contributed by atoms with van der Waals surface area (Å²) in [6.07, 6.45) is -1.37. The fourth-order valence-electron chi connectivity index (χ4n) is 2.34. The van der Waals surface area contributed by atoms with E-state index in [1.165, 1.54) is 0 Å². The van der Waals surface area contributed by atoms with Crippen molar-refractivity contribution >= 4 is 11.9 Å². The molecule has 1 fully saturated rings. The molecule has 1 aliphatic heterocycles. The number of ether oxygens (including phenoxy) is 2. The molecule has 0 aromatic carbocycles. The first-order chi connectivity index (χ1) is 12.3. The summed E-state index contributed by atoms with van der Waals surface area (Å²) in [4.78, 5) is 16.3. The van der Waals surface area contributed by atoms with E-state index in [1.807, 2.05) is 6.92 Å². The number of rotatable bonds is 10. The van der Waals surface area contributed by atoms with E-state index < -0.39 is 18.6 Å². The van der Waals surface area contributed by atoms with Gasteiger partial charge in [-0.2, -0.15) is 13.2 Å². The molecule has 1 saturated heterocycles. The Bertz CT molecular complexity index is 441. The maximum Gasteiger partial charge on any atom is 0.406 e. The van der Waals surface area contributed by atoms with Crippen LogP contribution in [0.25, 0.3) is 0 Å². The van der Waals surface area contributed by atoms with Crippen molar-refractivity contribution in [2.75, 3.05) is 53.0 Å². The molecule has 152 valence electrons. The molecule has 7 nitrogen and oxygen atoms in total. The lowest BCUT2D eigenvalue weighted by atomic mass is 10.2. The van der Waals surface area contributed by atoms with Gasteiger partial charge in [0.25, 0.3) is 0 Å². The number of aliphatic imine (C=N–C) groups is 1. The zero-order valence-electron chi connectivity index (χ0n) is 15.4. The molecule has 0 saturated carbocycles. The van der Waals surface area contributed by atoms with E-state index in [0.29, 0.717) is 37.2 Å². The number of nitrogens with one attached hydrogen (secondary N) is 2. The Morgan fingerprint density at radius 1 is 1.38 bits per heavy atom. The summed E-state index contributed by atoms with van der Waals surface area (Å²) in [7, 11) is 1.11. The lowest BCUT2D eigenvalue weighted by molar-refractivity contribution is -0.157. The predicted octanol–water partition coefficient (Wildman–Crippen LogP) is 1.15. The molecule has 0 aromatic heterocycles. The van der Waals surface area contributed by atoms with Crippen LogP contribution < -0.4 is 10.6 Å². The maximum absolute atomic E-state index is 12.3. The average molecular weight is 382 g/mol. The van der Waals surface area contributed by atoms with Gasteiger partial charge in [-0.25, -0.2) is 4.99 Å². The Morgan fingerprint density at radius 3 is 2.77 bits per heavy atom. The van der Waals surface area contributed by atoms with Crippen molar-refractivity contribution in [2.24, 2.45) is 4.99 Å². The molecule has 10 heteroatoms. The molecule has 26 heavy (non-hydrogen) atoms. The monoisotopic (exact) mass is 382 g/mol. The lowest BCUT2D eigenvalue weighted by Crippen LogP contribution is -2.40. The van der Waals surface area contributed by atoms with Crippen LogP contribution in [0.4, 0.5) is 13.2 Å². The fraction of sp³-hybridized carbons (Fsp3) is 0.875. The van der Waals surface area contributed by atoms with Gasteiger partial charge in [0.05, 0.1) is 12.7 Å². The summed E-state index contributed by atoms with van der Waals surface area (Å²) in [5.41, 5.74) is 0. The highest BCUT2D eigenvalue weighted by Gasteiger charge is 2.31. The number of nitrogens with zero attached hydrogens (tertiary/aromatic N) is 2. The third-order valence-electron chi connectivity index (χ3n) is 3.64. The van der Waals surface area contributed by atoms with Crippen LogP contribution in [0.15, 0.2) is 4.99 Å². The van der Waals surface area contributed by atoms with E-state index in [4.69, 9.17) is 9.47 Å². The molecule has 2 N–H and O–H groups in total. The number of likely N-dealkylation sites (N-methyl/N-ethyl adjacent to an activating group) is 1. The smallest absolute Gasteiger partial charge is 0.379 e. The van der Waals surface area contributed by atoms with Crippen LogP contribution in [0.1, 0.15) is 26.2 Å². The first-order valence-electron chi connectivity index (χ1n) is 8.84. The van der Waals surface area contributed by atoms with Gasteiger partial charge in [-0.15, -0.1) is 0 Å². The largest absolute Gasteiger partial charge is 0.406 e. The summed E-state index contributed by atoms with van der Waals surface area (Å²) in [5, 5.41) is 5.97. The molecule has 1 amide bonds. The van der Waals surface area contributed by atoms with Crippen LogP contribution in [-0.2, 0) is 14.3 Å². The molecule has 0 bridgehead atoms. The molecule has 1 heterocycles. The lowest BCUT2D eigenvalue weighted by Gasteiger charge is -2.18. The average Bonchev–Trinajstić information content (AvgIpc) is 3.07. The zero-order valence-corrected chi connectivity index (χ0v) is 15.4. The molecule has 1 rings (SSSR count). The first-order valence-corrected chi connectivity index (χ1v) is 8.84. The Morgan fingerprint density at radius 2 is 2.15 bits per heavy atom. The van der Waals surface area contributed by atoms with Crippen molar-refractivity contribution in [3.63, 3.8) is 0 Å². The van der Waals surface area contributed by atoms with Gasteiger partial charge in [-0.05, 0) is 26.2 Å². The zero-order chi connectivity index (χ0) is 19.4. The van der Waals surface area contributed by atoms with E-state index in [2.05, 4.69) is 15.6 Å². The minimum Gasteiger partial charge on any atom is -0.379 e. The predicted molar refractivity (Wildman–Crippen MR) is 92.1 cm³/mol. The summed E-state index contributed by atoms with van der Waals surface area (Å²) in [6.45, 7) is 3.34. The number of hydrogen-bond donors (Lipinski definition) is 2. The van der Waals surface area contributed by atoms with Crippen molar-refractivity contribution < 1.29 is 27.4 Å². The van der Waals surface area contributed by atoms with Gasteiger partial charge in [0.1, 0.15) is 13.1 Å². The number of alkyl halides is 3. The molecular weight excluding hydrogens is 353 g/mol. The molecule has 0 aromatic rings. The highest BCUT2D eigenvalue weighted by molar-refractivity contribution is 5.84. The van der Waals surface area contributed by atoms with Crippen LogP contribution in [0.3, 0.4) is 0 Å². The number of halogens is 3. The molecular formula is C16H29F3N4O3. The van der Waals surface area contributed by atoms with Crippen LogP contribution in [0.5, 0.6) is 0 Å². The van der Waals surface area contributed by atoms with E-state index in [1.54, 1.807) is 0 Å². The van der Waals surface area contributed by atoms with Gasteiger partial charge in [0.2, 0.25) is 5.91 Å². The van der Waals surface area contributed by atoms with Gasteiger partial charge >= 0.3 is 6.18 Å². The van der Waals surface area contributed by atoms with Gasteiger partial charge in [-0.3, -0.25) is 4.79 Å². The van der Waals surface area contributed by atoms with Gasteiger partial charge in [0.15, 0.2) is 5.96 Å². The molecule has 1 unspecified atom stereocenters. The van der Waals surface area contributed by atoms with E-state index in [-0.39, 0.29) is 12.6 Å². The van der Waals surface area contributed by atoms with Gasteiger partial charge in [-0.1, -0.05) is 0 Å². The number of carbonyl (C=O) groups excluding carboxylic acids is 1. The quantitative estimate of drug-likeness (QED) is 0.337. The standard InChI is InChI=1S/C16H29F3N4O3/c1-3-20-15(22-10-14(24)23(2)12-16(17,18)19)21-7-5-8-25-11-13-6-4-9-26-13/h13H,3-12H2,1-2H3,(H2,20,21,22). The topological polar surface area (TPSA) is 75.2 Å². The van der Waals surface area contributed by atoms with Gasteiger partial charge in [0, 0.05) is 33.4 Å². The minimum atomic E-state index is -4.42. The van der Waals surface area contributed by atoms with Crippen molar-refractivity contribution in [1.29, 1.82) is 0 Å². The second kappa shape index (κ2) is 11.9. The molecule has 1 atom stereocenters. The highest BCUT2D eigenvalue weighted by Crippen LogP contribution is 2.15. The SMILES string of the molecule is CCNC(=NCC(=O)N(C)CC(F)(F)F)NCCCOCC1CCCO1. The van der Waals surface area contributed by atoms with Crippen LogP contribution in [-0.4, -0.2) is 82.1 Å². The maximum atomic E-state index is 12.3. The van der Waals surface area contributed by atoms with Gasteiger partial charge < -0.3 is 25.0 Å². The van der Waals surface area contributed by atoms with E-state index >= 15 is 0 Å². The van der Waals surface area contributed by atoms with Crippen molar-refractivity contribution in [3.8, 4) is 0 Å². The van der Waals surface area contributed by atoms with E-state index in [0.717, 1.165) is 32.9 Å². The first kappa shape index (κ1) is 22.5. The number of hydrogen-bond acceptors (Lipinski definition) is 4. The minimum absolute atomic E-state index is 0.196. The number of guanidine groups is 1. The summed E-state index contributed by atoms with van der Waals surface area (Å²) < 4.78 is 47.8. The van der Waals surface area contributed by atoms with Crippen LogP contribution in [0, 0.1) is 0 Å². The van der Waals surface area contributed by atoms with Crippen molar-refractivity contribution in [1.82, 2.24) is 15.5 Å². The number of carbonyl (C=O) groups is 1. The third-order valence-corrected chi connectivity index (χ3v) is 3.64. The second-order valence-corrected chi connectivity index (χ2v) is 6.05. The van der Waals surface area contributed by atoms with Crippen LogP contribution in [0.2, 0.25) is 0 Å². The van der Waals surface area contributed by atoms with E-state index in [9.17, 15) is 18.0 Å². The number of amides is 1. The van der Waals surface area contributed by atoms with Crippen molar-refractivity contribution in [2.45, 2.75) is 38.5 Å². The summed E-state index contributed by atoms with van der Waals surface area (Å²) >= 11 is 0. The molecule has 0 aliphatic carbocycles.